The van der Waals surface area contributed by atoms with Crippen molar-refractivity contribution in [2.24, 2.45) is 0 Å². The zero-order valence-corrected chi connectivity index (χ0v) is 19.5. The van der Waals surface area contributed by atoms with E-state index in [2.05, 4.69) is 5.32 Å². The number of benzene rings is 3. The molecule has 3 aromatic rings. The molecule has 0 saturated carbocycles. The average Bonchev–Trinajstić information content (AvgIpc) is 3.05. The minimum Gasteiger partial charge on any atom is -0.493 e. The molecule has 1 heterocycles. The van der Waals surface area contributed by atoms with Crippen molar-refractivity contribution in [3.63, 3.8) is 0 Å². The Kier molecular flexibility index (Phi) is 6.11. The number of halogens is 1. The van der Waals surface area contributed by atoms with Gasteiger partial charge in [-0.05, 0) is 49.2 Å². The van der Waals surface area contributed by atoms with Crippen LogP contribution in [0.25, 0.3) is 5.57 Å². The summed E-state index contributed by atoms with van der Waals surface area (Å²) in [5.41, 5.74) is 4.00. The predicted octanol–water partition coefficient (Wildman–Crippen LogP) is 5.37. The van der Waals surface area contributed by atoms with E-state index in [0.717, 1.165) is 16.0 Å². The number of aryl methyl sites for hydroxylation is 2. The fourth-order valence-electron chi connectivity index (χ4n) is 3.65. The maximum absolute atomic E-state index is 13.5. The van der Waals surface area contributed by atoms with Crippen molar-refractivity contribution in [1.82, 2.24) is 0 Å². The Morgan fingerprint density at radius 1 is 0.818 bits per heavy atom. The molecule has 0 spiro atoms. The molecule has 0 saturated heterocycles. The lowest BCUT2D eigenvalue weighted by Crippen LogP contribution is -2.32. The number of carbonyl (C=O) groups excluding carboxylic acids is 2. The summed E-state index contributed by atoms with van der Waals surface area (Å²) in [6.07, 6.45) is 0. The summed E-state index contributed by atoms with van der Waals surface area (Å²) in [5.74, 6) is 0.163. The minimum atomic E-state index is -0.467. The predicted molar refractivity (Wildman–Crippen MR) is 130 cm³/mol. The maximum atomic E-state index is 13.5. The molecule has 7 heteroatoms. The Hall–Kier alpha value is -3.77. The Morgan fingerprint density at radius 3 is 2.15 bits per heavy atom. The zero-order chi connectivity index (χ0) is 23.7. The molecule has 0 aromatic heterocycles. The monoisotopic (exact) mass is 462 g/mol. The molecule has 3 aromatic carbocycles. The number of hydrogen-bond acceptors (Lipinski definition) is 5. The van der Waals surface area contributed by atoms with E-state index < -0.39 is 11.8 Å². The van der Waals surface area contributed by atoms with Gasteiger partial charge in [0, 0.05) is 16.8 Å². The van der Waals surface area contributed by atoms with Crippen LogP contribution in [0.5, 0.6) is 11.5 Å². The number of carbonyl (C=O) groups is 2. The molecule has 0 unspecified atom stereocenters. The van der Waals surface area contributed by atoms with Gasteiger partial charge in [-0.15, -0.1) is 0 Å². The first-order valence-electron chi connectivity index (χ1n) is 10.3. The van der Waals surface area contributed by atoms with Crippen molar-refractivity contribution in [3.8, 4) is 11.5 Å². The third-order valence-corrected chi connectivity index (χ3v) is 5.90. The second kappa shape index (κ2) is 9.00. The Bertz CT molecular complexity index is 1280. The van der Waals surface area contributed by atoms with Gasteiger partial charge in [-0.25, -0.2) is 4.90 Å². The molecule has 1 aliphatic rings. The van der Waals surface area contributed by atoms with Crippen LogP contribution < -0.4 is 19.7 Å². The zero-order valence-electron chi connectivity index (χ0n) is 18.7. The summed E-state index contributed by atoms with van der Waals surface area (Å²) in [7, 11) is 3.08. The van der Waals surface area contributed by atoms with Gasteiger partial charge in [0.05, 0.1) is 25.5 Å². The smallest absolute Gasteiger partial charge is 0.282 e. The average molecular weight is 463 g/mol. The lowest BCUT2D eigenvalue weighted by atomic mass is 10.0. The van der Waals surface area contributed by atoms with Crippen LogP contribution in [0.3, 0.4) is 0 Å². The van der Waals surface area contributed by atoms with Gasteiger partial charge in [0.25, 0.3) is 11.8 Å². The molecule has 0 aliphatic carbocycles. The Labute approximate surface area is 197 Å². The van der Waals surface area contributed by atoms with Crippen molar-refractivity contribution in [3.05, 3.63) is 88.1 Å². The van der Waals surface area contributed by atoms with E-state index in [0.29, 0.717) is 33.5 Å². The first-order valence-corrected chi connectivity index (χ1v) is 10.7. The second-order valence-corrected chi connectivity index (χ2v) is 8.10. The maximum Gasteiger partial charge on any atom is 0.282 e. The van der Waals surface area contributed by atoms with Crippen LogP contribution in [-0.4, -0.2) is 26.0 Å². The molecular formula is C26H23ClN2O4. The van der Waals surface area contributed by atoms with E-state index in [1.54, 1.807) is 43.5 Å². The normalized spacial score (nSPS) is 13.5. The lowest BCUT2D eigenvalue weighted by Gasteiger charge is -2.16. The van der Waals surface area contributed by atoms with Crippen LogP contribution in [0.1, 0.15) is 16.7 Å². The van der Waals surface area contributed by atoms with Crippen molar-refractivity contribution in [2.45, 2.75) is 13.8 Å². The number of ether oxygens (including phenoxy) is 2. The number of anilines is 2. The van der Waals surface area contributed by atoms with Crippen molar-refractivity contribution in [1.29, 1.82) is 0 Å². The summed E-state index contributed by atoms with van der Waals surface area (Å²) in [5, 5.41) is 3.61. The van der Waals surface area contributed by atoms with Gasteiger partial charge in [0.1, 0.15) is 5.70 Å². The molecular weight excluding hydrogens is 440 g/mol. The molecule has 168 valence electrons. The van der Waals surface area contributed by atoms with E-state index in [9.17, 15) is 9.59 Å². The highest BCUT2D eigenvalue weighted by molar-refractivity contribution is 6.46. The molecule has 0 fully saturated rings. The quantitative estimate of drug-likeness (QED) is 0.499. The topological polar surface area (TPSA) is 67.9 Å². The van der Waals surface area contributed by atoms with Gasteiger partial charge in [0.2, 0.25) is 0 Å². The van der Waals surface area contributed by atoms with Gasteiger partial charge >= 0.3 is 0 Å². The SMILES string of the molecule is COc1ccc(NC2=C(c3ccc(C)cc3)C(=O)N(c3ccc(C)c(Cl)c3)C2=O)cc1OC. The third kappa shape index (κ3) is 4.17. The summed E-state index contributed by atoms with van der Waals surface area (Å²) in [6, 6.07) is 17.8. The molecule has 6 nitrogen and oxygen atoms in total. The highest BCUT2D eigenvalue weighted by Crippen LogP contribution is 2.37. The molecule has 1 aliphatic heterocycles. The fraction of sp³-hybridized carbons (Fsp3) is 0.154. The number of nitrogens with one attached hydrogen (secondary N) is 1. The number of rotatable bonds is 6. The largest absolute Gasteiger partial charge is 0.493 e. The van der Waals surface area contributed by atoms with E-state index in [1.165, 1.54) is 7.11 Å². The third-order valence-electron chi connectivity index (χ3n) is 5.49. The molecule has 0 radical (unpaired) electrons. The summed E-state index contributed by atoms with van der Waals surface area (Å²) in [6.45, 7) is 3.82. The van der Waals surface area contributed by atoms with E-state index in [-0.39, 0.29) is 11.3 Å². The highest BCUT2D eigenvalue weighted by Gasteiger charge is 2.40. The Balaban J connectivity index is 1.82. The van der Waals surface area contributed by atoms with E-state index >= 15 is 0 Å². The minimum absolute atomic E-state index is 0.174. The van der Waals surface area contributed by atoms with Crippen molar-refractivity contribution in [2.75, 3.05) is 24.4 Å². The Morgan fingerprint density at radius 2 is 1.52 bits per heavy atom. The first kappa shape index (κ1) is 22.4. The summed E-state index contributed by atoms with van der Waals surface area (Å²) < 4.78 is 10.7. The first-order chi connectivity index (χ1) is 15.8. The van der Waals surface area contributed by atoms with Gasteiger partial charge in [0.15, 0.2) is 11.5 Å². The van der Waals surface area contributed by atoms with Crippen molar-refractivity contribution < 1.29 is 19.1 Å². The van der Waals surface area contributed by atoms with Crippen LogP contribution in [0.2, 0.25) is 5.02 Å². The highest BCUT2D eigenvalue weighted by atomic mass is 35.5. The lowest BCUT2D eigenvalue weighted by molar-refractivity contribution is -0.120. The fourth-order valence-corrected chi connectivity index (χ4v) is 3.82. The molecule has 0 bridgehead atoms. The standard InChI is InChI=1S/C26H23ClN2O4/c1-15-5-8-17(9-6-15)23-24(28-18-10-12-21(32-3)22(13-18)33-4)26(31)29(25(23)30)19-11-7-16(2)20(27)14-19/h5-14,28H,1-4H3. The van der Waals surface area contributed by atoms with Crippen LogP contribution >= 0.6 is 11.6 Å². The van der Waals surface area contributed by atoms with Gasteiger partial charge in [-0.2, -0.15) is 0 Å². The van der Waals surface area contributed by atoms with Crippen LogP contribution in [0.15, 0.2) is 66.4 Å². The molecule has 0 atom stereocenters. The molecule has 33 heavy (non-hydrogen) atoms. The second-order valence-electron chi connectivity index (χ2n) is 7.69. The summed E-state index contributed by atoms with van der Waals surface area (Å²) in [4.78, 5) is 28.2. The number of nitrogens with zero attached hydrogens (tertiary/aromatic N) is 1. The number of hydrogen-bond donors (Lipinski definition) is 1. The van der Waals surface area contributed by atoms with Gasteiger partial charge < -0.3 is 14.8 Å². The van der Waals surface area contributed by atoms with Gasteiger partial charge in [-0.3, -0.25) is 9.59 Å². The molecule has 2 amide bonds. The van der Waals surface area contributed by atoms with E-state index in [4.69, 9.17) is 21.1 Å². The number of methoxy groups -OCH3 is 2. The number of amides is 2. The van der Waals surface area contributed by atoms with Gasteiger partial charge in [-0.1, -0.05) is 47.5 Å². The molecule has 1 N–H and O–H groups in total. The summed E-state index contributed by atoms with van der Waals surface area (Å²) >= 11 is 6.28. The van der Waals surface area contributed by atoms with Crippen LogP contribution in [0.4, 0.5) is 11.4 Å². The van der Waals surface area contributed by atoms with E-state index in [1.807, 2.05) is 38.1 Å². The van der Waals surface area contributed by atoms with Crippen LogP contribution in [-0.2, 0) is 9.59 Å². The van der Waals surface area contributed by atoms with Crippen LogP contribution in [0, 0.1) is 13.8 Å². The number of imide groups is 1. The van der Waals surface area contributed by atoms with Crippen molar-refractivity contribution >= 4 is 40.4 Å². The molecule has 4 rings (SSSR count).